The van der Waals surface area contributed by atoms with Crippen LogP contribution in [0.5, 0.6) is 0 Å². The summed E-state index contributed by atoms with van der Waals surface area (Å²) < 4.78 is 0. The number of unbranched alkanes of at least 4 members (excludes halogenated alkanes) is 1. The van der Waals surface area contributed by atoms with Crippen molar-refractivity contribution in [2.24, 2.45) is 0 Å². The van der Waals surface area contributed by atoms with E-state index in [-0.39, 0.29) is 29.7 Å². The second-order valence-corrected chi connectivity index (χ2v) is 12.7. The molecule has 236 valence electrons. The molecule has 1 aliphatic carbocycles. The third-order valence-electron chi connectivity index (χ3n) is 9.58. The maximum absolute atomic E-state index is 13.8. The Bertz CT molecular complexity index is 1360. The number of piperazine rings is 1. The molecule has 0 radical (unpaired) electrons. The fourth-order valence-corrected chi connectivity index (χ4v) is 7.00. The molecule has 4 N–H and O–H groups in total. The topological polar surface area (TPSA) is 139 Å². The van der Waals surface area contributed by atoms with Crippen molar-refractivity contribution in [3.05, 3.63) is 65.2 Å². The molecule has 2 aromatic rings. The van der Waals surface area contributed by atoms with Gasteiger partial charge in [-0.05, 0) is 74.1 Å². The van der Waals surface area contributed by atoms with E-state index in [2.05, 4.69) is 22.5 Å². The fraction of sp³-hybridized carbons (Fsp3) is 0.529. The van der Waals surface area contributed by atoms with Crippen molar-refractivity contribution in [1.29, 1.82) is 0 Å². The normalized spacial score (nSPS) is 21.6. The van der Waals surface area contributed by atoms with Gasteiger partial charge in [0, 0.05) is 43.9 Å². The number of benzene rings is 2. The number of hydrogen-bond acceptors (Lipinski definition) is 6. The van der Waals surface area contributed by atoms with Gasteiger partial charge in [0.15, 0.2) is 0 Å². The molecule has 1 saturated carbocycles. The first-order chi connectivity index (χ1) is 21.1. The van der Waals surface area contributed by atoms with Crippen molar-refractivity contribution >= 4 is 29.4 Å². The third kappa shape index (κ3) is 6.97. The van der Waals surface area contributed by atoms with E-state index in [0.29, 0.717) is 63.1 Å². The van der Waals surface area contributed by atoms with Crippen LogP contribution in [0.15, 0.2) is 48.5 Å². The van der Waals surface area contributed by atoms with Gasteiger partial charge in [0.2, 0.25) is 11.8 Å². The lowest BCUT2D eigenvalue weighted by molar-refractivity contribution is -0.163. The van der Waals surface area contributed by atoms with Gasteiger partial charge in [-0.25, -0.2) is 4.79 Å². The lowest BCUT2D eigenvalue weighted by atomic mass is 9.77. The van der Waals surface area contributed by atoms with Crippen LogP contribution in [0, 0.1) is 0 Å². The Kier molecular flexibility index (Phi) is 9.70. The van der Waals surface area contributed by atoms with Crippen LogP contribution in [0.2, 0.25) is 0 Å². The summed E-state index contributed by atoms with van der Waals surface area (Å²) in [5.41, 5.74) is 0.331. The van der Waals surface area contributed by atoms with E-state index >= 15 is 0 Å². The third-order valence-corrected chi connectivity index (χ3v) is 9.58. The number of carbonyl (C=O) groups is 4. The number of hydrogen-bond donors (Lipinski definition) is 4. The van der Waals surface area contributed by atoms with Crippen molar-refractivity contribution in [2.75, 3.05) is 25.0 Å². The zero-order chi connectivity index (χ0) is 31.3. The minimum atomic E-state index is -1.03. The van der Waals surface area contributed by atoms with Crippen molar-refractivity contribution in [3.8, 4) is 0 Å². The lowest BCUT2D eigenvalue weighted by Gasteiger charge is -2.52. The highest BCUT2D eigenvalue weighted by molar-refractivity contribution is 6.04. The van der Waals surface area contributed by atoms with E-state index in [1.54, 1.807) is 18.2 Å². The summed E-state index contributed by atoms with van der Waals surface area (Å²) in [6, 6.07) is 12.7. The summed E-state index contributed by atoms with van der Waals surface area (Å²) in [5, 5.41) is 26.1. The van der Waals surface area contributed by atoms with Gasteiger partial charge in [-0.2, -0.15) is 0 Å². The summed E-state index contributed by atoms with van der Waals surface area (Å²) >= 11 is 0. The number of aromatic carboxylic acids is 1. The van der Waals surface area contributed by atoms with E-state index in [9.17, 15) is 24.3 Å². The molecule has 5 rings (SSSR count). The Hall–Kier alpha value is -3.76. The molecule has 1 spiro atoms. The van der Waals surface area contributed by atoms with Crippen molar-refractivity contribution in [2.45, 2.75) is 94.9 Å². The molecule has 3 amide bonds. The van der Waals surface area contributed by atoms with E-state index in [0.717, 1.165) is 37.7 Å². The first-order valence-corrected chi connectivity index (χ1v) is 15.9. The van der Waals surface area contributed by atoms with E-state index in [1.165, 1.54) is 12.1 Å². The molecule has 10 nitrogen and oxygen atoms in total. The molecule has 2 heterocycles. The zero-order valence-electron chi connectivity index (χ0n) is 25.5. The Balaban J connectivity index is 1.22. The second kappa shape index (κ2) is 13.5. The number of anilines is 1. The second-order valence-electron chi connectivity index (χ2n) is 12.7. The van der Waals surface area contributed by atoms with Crippen LogP contribution in [0.3, 0.4) is 0 Å². The lowest BCUT2D eigenvalue weighted by Crippen LogP contribution is -2.73. The van der Waals surface area contributed by atoms with Crippen LogP contribution in [0.4, 0.5) is 5.69 Å². The Morgan fingerprint density at radius 1 is 0.977 bits per heavy atom. The molecular formula is C34H44N4O6. The number of likely N-dealkylation sites (tertiary alicyclic amines) is 1. The highest BCUT2D eigenvalue weighted by atomic mass is 16.4. The maximum atomic E-state index is 13.8. The molecule has 2 aliphatic heterocycles. The maximum Gasteiger partial charge on any atom is 0.335 e. The number of piperidine rings is 1. The van der Waals surface area contributed by atoms with Crippen LogP contribution in [0.1, 0.15) is 97.4 Å². The number of nitrogens with zero attached hydrogens (tertiary/aromatic N) is 2. The van der Waals surface area contributed by atoms with Gasteiger partial charge in [-0.3, -0.25) is 19.3 Å². The van der Waals surface area contributed by atoms with Gasteiger partial charge in [0.25, 0.3) is 5.91 Å². The number of rotatable bonds is 10. The smallest absolute Gasteiger partial charge is 0.335 e. The fourth-order valence-electron chi connectivity index (χ4n) is 7.00. The highest BCUT2D eigenvalue weighted by Crippen LogP contribution is 2.37. The zero-order valence-corrected chi connectivity index (χ0v) is 25.5. The van der Waals surface area contributed by atoms with Crippen LogP contribution >= 0.6 is 0 Å². The number of aliphatic hydroxyl groups is 1. The summed E-state index contributed by atoms with van der Waals surface area (Å²) in [7, 11) is 0. The molecule has 0 unspecified atom stereocenters. The van der Waals surface area contributed by atoms with Gasteiger partial charge in [-0.15, -0.1) is 0 Å². The van der Waals surface area contributed by atoms with E-state index in [4.69, 9.17) is 5.11 Å². The summed E-state index contributed by atoms with van der Waals surface area (Å²) in [4.78, 5) is 55.7. The molecule has 1 atom stereocenters. The van der Waals surface area contributed by atoms with E-state index in [1.807, 2.05) is 23.1 Å². The average molecular weight is 605 g/mol. The highest BCUT2D eigenvalue weighted by Gasteiger charge is 2.54. The van der Waals surface area contributed by atoms with Crippen molar-refractivity contribution in [1.82, 2.24) is 15.1 Å². The van der Waals surface area contributed by atoms with Gasteiger partial charge >= 0.3 is 5.97 Å². The molecule has 3 aliphatic rings. The largest absolute Gasteiger partial charge is 0.478 e. The van der Waals surface area contributed by atoms with Gasteiger partial charge in [-0.1, -0.05) is 44.7 Å². The molecule has 0 bridgehead atoms. The Morgan fingerprint density at radius 2 is 1.68 bits per heavy atom. The molecule has 0 aromatic heterocycles. The minimum absolute atomic E-state index is 0.0678. The summed E-state index contributed by atoms with van der Waals surface area (Å²) in [6.07, 6.45) is 7.39. The number of carboxylic acid groups (broad SMARTS) is 1. The summed E-state index contributed by atoms with van der Waals surface area (Å²) in [6.45, 7) is 4.47. The van der Waals surface area contributed by atoms with Gasteiger partial charge in [0.05, 0.1) is 11.2 Å². The Morgan fingerprint density at radius 3 is 2.34 bits per heavy atom. The molecular weight excluding hydrogens is 560 g/mol. The van der Waals surface area contributed by atoms with Gasteiger partial charge < -0.3 is 25.7 Å². The first kappa shape index (κ1) is 31.7. The molecule has 3 fully saturated rings. The standard InChI is InChI=1S/C34H44N4O6/c1-2-3-18-38-30(40)28(22-33(44)14-5-4-6-15-33)36-32(43)34(38)16-19-37(20-17-34)23-24-8-7-9-26(21-24)29(39)35-27-12-10-25(11-13-27)31(41)42/h7-13,21,28,44H,2-6,14-20,22-23H2,1H3,(H,35,39)(H,36,43)(H,41,42)/t28-/m1/s1. The number of nitrogens with one attached hydrogen (secondary N) is 2. The predicted octanol–water partition coefficient (Wildman–Crippen LogP) is 4.18. The first-order valence-electron chi connectivity index (χ1n) is 15.9. The molecule has 10 heteroatoms. The molecule has 2 aromatic carbocycles. The van der Waals surface area contributed by atoms with Crippen LogP contribution < -0.4 is 10.6 Å². The average Bonchev–Trinajstić information content (AvgIpc) is 3.01. The van der Waals surface area contributed by atoms with Gasteiger partial charge in [0.1, 0.15) is 11.6 Å². The Labute approximate surface area is 258 Å². The van der Waals surface area contributed by atoms with Crippen molar-refractivity contribution < 1.29 is 29.4 Å². The minimum Gasteiger partial charge on any atom is -0.478 e. The monoisotopic (exact) mass is 604 g/mol. The quantitative estimate of drug-likeness (QED) is 0.319. The van der Waals surface area contributed by atoms with Crippen LogP contribution in [-0.4, -0.2) is 80.5 Å². The number of carboxylic acids is 1. The number of amides is 3. The number of carbonyl (C=O) groups excluding carboxylic acids is 3. The van der Waals surface area contributed by atoms with Crippen LogP contribution in [-0.2, 0) is 16.1 Å². The summed E-state index contributed by atoms with van der Waals surface area (Å²) in [5.74, 6) is -1.49. The molecule has 2 saturated heterocycles. The molecule has 44 heavy (non-hydrogen) atoms. The van der Waals surface area contributed by atoms with Crippen LogP contribution in [0.25, 0.3) is 0 Å². The van der Waals surface area contributed by atoms with E-state index < -0.39 is 23.2 Å². The SMILES string of the molecule is CCCCN1C(=O)[C@@H](CC2(O)CCCCC2)NC(=O)C12CCN(Cc1cccc(C(=O)Nc3ccc(C(=O)O)cc3)c1)CC2. The van der Waals surface area contributed by atoms with Crippen molar-refractivity contribution in [3.63, 3.8) is 0 Å². The predicted molar refractivity (Wildman–Crippen MR) is 166 cm³/mol.